The van der Waals surface area contributed by atoms with Gasteiger partial charge in [-0.05, 0) is 37.1 Å². The van der Waals surface area contributed by atoms with E-state index in [4.69, 9.17) is 34.8 Å². The molecule has 0 unspecified atom stereocenters. The summed E-state index contributed by atoms with van der Waals surface area (Å²) in [5.74, 6) is -1.50. The fourth-order valence-electron chi connectivity index (χ4n) is 3.42. The average Bonchev–Trinajstić information content (AvgIpc) is 2.72. The second-order valence-electron chi connectivity index (χ2n) is 7.19. The second-order valence-corrected chi connectivity index (χ2v) is 8.32. The Labute approximate surface area is 212 Å². The number of aryl methyl sites for hydroxylation is 2. The Bertz CT molecular complexity index is 957. The van der Waals surface area contributed by atoms with E-state index in [0.29, 0.717) is 17.6 Å². The summed E-state index contributed by atoms with van der Waals surface area (Å²) < 4.78 is 0. The summed E-state index contributed by atoms with van der Waals surface area (Å²) in [6, 6.07) is 2.33. The molecule has 0 aromatic heterocycles. The van der Waals surface area contributed by atoms with Crippen LogP contribution < -0.4 is 0 Å². The minimum atomic E-state index is -0.825. The highest BCUT2D eigenvalue weighted by molar-refractivity contribution is 6.32. The average molecular weight is 541 g/mol. The first-order valence-electron chi connectivity index (χ1n) is 9.71. The van der Waals surface area contributed by atoms with Gasteiger partial charge in [0.2, 0.25) is 11.6 Å². The van der Waals surface area contributed by atoms with Crippen molar-refractivity contribution in [3.63, 3.8) is 0 Å². The molecule has 1 aliphatic carbocycles. The monoisotopic (exact) mass is 539 g/mol. The van der Waals surface area contributed by atoms with Gasteiger partial charge in [-0.15, -0.1) is 47.2 Å². The van der Waals surface area contributed by atoms with Crippen LogP contribution in [0, 0.1) is 13.8 Å². The van der Waals surface area contributed by atoms with E-state index in [1.165, 1.54) is 13.8 Å². The normalized spacial score (nSPS) is 11.9. The molecule has 3 rings (SSSR count). The number of aromatic hydroxyl groups is 4. The first-order valence-corrected chi connectivity index (χ1v) is 11.3. The lowest BCUT2D eigenvalue weighted by Gasteiger charge is -2.22. The molecule has 33 heavy (non-hydrogen) atoms. The van der Waals surface area contributed by atoms with Crippen LogP contribution in [0.25, 0.3) is 0 Å². The van der Waals surface area contributed by atoms with Crippen molar-refractivity contribution in [2.45, 2.75) is 13.8 Å². The van der Waals surface area contributed by atoms with Gasteiger partial charge in [0.15, 0.2) is 0 Å². The van der Waals surface area contributed by atoms with Crippen molar-refractivity contribution in [1.29, 1.82) is 0 Å². The molecule has 0 radical (unpaired) electrons. The van der Waals surface area contributed by atoms with Crippen LogP contribution in [0.1, 0.15) is 43.0 Å². The van der Waals surface area contributed by atoms with E-state index in [-0.39, 0.29) is 45.8 Å². The molecular formula is C22H25Cl4NO6. The van der Waals surface area contributed by atoms with Crippen molar-refractivity contribution in [3.05, 3.63) is 45.5 Å². The molecule has 182 valence electrons. The largest absolute Gasteiger partial charge is 0.507 e. The molecule has 4 N–H and O–H groups in total. The number of phenols is 4. The van der Waals surface area contributed by atoms with Crippen LogP contribution >= 0.6 is 47.2 Å². The number of carbonyl (C=O) groups excluding carboxylic acids is 2. The molecular weight excluding hydrogens is 516 g/mol. The summed E-state index contributed by atoms with van der Waals surface area (Å²) in [4.78, 5) is 27.3. The van der Waals surface area contributed by atoms with E-state index in [0.717, 1.165) is 31.8 Å². The molecule has 0 spiro atoms. The Balaban J connectivity index is 0.000000425. The van der Waals surface area contributed by atoms with Gasteiger partial charge in [0.1, 0.15) is 23.0 Å². The van der Waals surface area contributed by atoms with Gasteiger partial charge in [-0.25, -0.2) is 0 Å². The molecule has 0 aliphatic heterocycles. The fourth-order valence-corrected chi connectivity index (χ4v) is 4.14. The van der Waals surface area contributed by atoms with Gasteiger partial charge >= 0.3 is 0 Å². The lowest BCUT2D eigenvalue weighted by atomic mass is 9.80. The van der Waals surface area contributed by atoms with Crippen LogP contribution in [-0.2, 0) is 0 Å². The highest BCUT2D eigenvalue weighted by Gasteiger charge is 2.39. The molecule has 0 atom stereocenters. The predicted octanol–water partition coefficient (Wildman–Crippen LogP) is 4.33. The molecule has 1 aliphatic rings. The van der Waals surface area contributed by atoms with Crippen molar-refractivity contribution in [1.82, 2.24) is 4.90 Å². The van der Waals surface area contributed by atoms with E-state index < -0.39 is 34.6 Å². The highest BCUT2D eigenvalue weighted by atomic mass is 35.5. The van der Waals surface area contributed by atoms with E-state index in [2.05, 4.69) is 4.90 Å². The Hall–Kier alpha value is -1.90. The minimum absolute atomic E-state index is 0. The van der Waals surface area contributed by atoms with Gasteiger partial charge in [0, 0.05) is 37.3 Å². The summed E-state index contributed by atoms with van der Waals surface area (Å²) in [6.45, 7) is 5.56. The Morgan fingerprint density at radius 1 is 0.667 bits per heavy atom. The zero-order chi connectivity index (χ0) is 24.2. The maximum Gasteiger partial charge on any atom is 0.202 e. The lowest BCUT2D eigenvalue weighted by molar-refractivity contribution is 0.0969. The summed E-state index contributed by atoms with van der Waals surface area (Å²) in [7, 11) is 0. The van der Waals surface area contributed by atoms with Crippen LogP contribution in [-0.4, -0.2) is 74.2 Å². The third-order valence-corrected chi connectivity index (χ3v) is 5.56. The van der Waals surface area contributed by atoms with E-state index in [1.807, 2.05) is 0 Å². The summed E-state index contributed by atoms with van der Waals surface area (Å²) in [6.07, 6.45) is 0. The summed E-state index contributed by atoms with van der Waals surface area (Å²) in [5, 5.41) is 40.1. The number of phenolic OH excluding ortho intramolecular Hbond substituents is 4. The molecule has 0 heterocycles. The summed E-state index contributed by atoms with van der Waals surface area (Å²) >= 11 is 16.6. The van der Waals surface area contributed by atoms with Crippen molar-refractivity contribution < 1.29 is 30.0 Å². The quantitative estimate of drug-likeness (QED) is 0.271. The Morgan fingerprint density at radius 2 is 0.970 bits per heavy atom. The van der Waals surface area contributed by atoms with Crippen LogP contribution in [0.4, 0.5) is 0 Å². The highest BCUT2D eigenvalue weighted by Crippen LogP contribution is 2.45. The second kappa shape index (κ2) is 12.5. The number of carbonyl (C=O) groups is 2. The standard InChI is InChI=1S/C16H12O6.C6H12Cl3N.ClH/c1-5-3-7(17)9-11(13(5)19)15(21)10-8(18)4-6(2)14(20)12(10)16(9)22;7-1-4-10(5-2-8)6-3-9;/h3-4,17-20H,1-2H3;1-6H2;1H. The number of alkyl halides is 3. The fraction of sp³-hybridized carbons (Fsp3) is 0.364. The first kappa shape index (κ1) is 29.1. The van der Waals surface area contributed by atoms with Gasteiger partial charge in [0.05, 0.1) is 22.3 Å². The smallest absolute Gasteiger partial charge is 0.202 e. The zero-order valence-electron chi connectivity index (χ0n) is 18.0. The van der Waals surface area contributed by atoms with Crippen LogP contribution in [0.3, 0.4) is 0 Å². The van der Waals surface area contributed by atoms with Gasteiger partial charge in [0.25, 0.3) is 0 Å². The topological polar surface area (TPSA) is 118 Å². The SMILES string of the molecule is Cc1cc(O)c2c(c1O)C(=O)c1c(O)cc(C)c(O)c1C2=O.Cl.ClCCN(CCCl)CCCl. The molecule has 7 nitrogen and oxygen atoms in total. The number of halogens is 4. The first-order chi connectivity index (χ1) is 15.1. The number of ketones is 2. The van der Waals surface area contributed by atoms with Crippen LogP contribution in [0.5, 0.6) is 23.0 Å². The molecule has 2 aromatic carbocycles. The molecule has 0 bridgehead atoms. The van der Waals surface area contributed by atoms with Crippen molar-refractivity contribution >= 4 is 58.8 Å². The maximum absolute atomic E-state index is 12.6. The van der Waals surface area contributed by atoms with Crippen LogP contribution in [0.15, 0.2) is 12.1 Å². The Morgan fingerprint density at radius 3 is 1.24 bits per heavy atom. The third-order valence-electron chi connectivity index (χ3n) is 5.05. The number of benzene rings is 2. The third kappa shape index (κ3) is 5.97. The van der Waals surface area contributed by atoms with Crippen LogP contribution in [0.2, 0.25) is 0 Å². The molecule has 0 saturated carbocycles. The Kier molecular flexibility index (Phi) is 11.1. The number of hydrogen-bond donors (Lipinski definition) is 4. The molecule has 0 fully saturated rings. The van der Waals surface area contributed by atoms with Crippen molar-refractivity contribution in [3.8, 4) is 23.0 Å². The number of rotatable bonds is 6. The van der Waals surface area contributed by atoms with Crippen molar-refractivity contribution in [2.24, 2.45) is 0 Å². The number of hydrogen-bond acceptors (Lipinski definition) is 7. The number of fused-ring (bicyclic) bond motifs is 2. The summed E-state index contributed by atoms with van der Waals surface area (Å²) in [5.41, 5.74) is -1.04. The molecule has 0 amide bonds. The van der Waals surface area contributed by atoms with E-state index in [9.17, 15) is 30.0 Å². The minimum Gasteiger partial charge on any atom is -0.507 e. The molecule has 0 saturated heterocycles. The van der Waals surface area contributed by atoms with Crippen molar-refractivity contribution in [2.75, 3.05) is 37.3 Å². The predicted molar refractivity (Wildman–Crippen MR) is 132 cm³/mol. The zero-order valence-corrected chi connectivity index (χ0v) is 21.1. The maximum atomic E-state index is 12.6. The van der Waals surface area contributed by atoms with Gasteiger partial charge < -0.3 is 20.4 Å². The van der Waals surface area contributed by atoms with E-state index >= 15 is 0 Å². The van der Waals surface area contributed by atoms with Gasteiger partial charge in [-0.1, -0.05) is 0 Å². The van der Waals surface area contributed by atoms with Gasteiger partial charge in [-0.3, -0.25) is 14.5 Å². The lowest BCUT2D eigenvalue weighted by Crippen LogP contribution is -2.29. The number of nitrogens with zero attached hydrogens (tertiary/aromatic N) is 1. The van der Waals surface area contributed by atoms with Gasteiger partial charge in [-0.2, -0.15) is 0 Å². The molecule has 2 aromatic rings. The molecule has 11 heteroatoms. The van der Waals surface area contributed by atoms with E-state index in [1.54, 1.807) is 0 Å².